The van der Waals surface area contributed by atoms with Crippen LogP contribution in [0.1, 0.15) is 6.42 Å². The molecule has 0 aromatic carbocycles. The Balaban J connectivity index is 2.20. The molecule has 0 aliphatic carbocycles. The number of nitrogens with zero attached hydrogens (tertiary/aromatic N) is 2. The number of likely N-dealkylation sites (N-methyl/N-ethyl adjacent to an activating group) is 1. The summed E-state index contributed by atoms with van der Waals surface area (Å²) >= 11 is 0. The first-order valence-corrected chi connectivity index (χ1v) is 5.75. The number of hydrogen-bond donors (Lipinski definition) is 1. The summed E-state index contributed by atoms with van der Waals surface area (Å²) in [5.74, 6) is 0.815. The number of rotatable bonds is 6. The number of likely N-dealkylation sites (tertiary alicyclic amines) is 1. The second-order valence-electron chi connectivity index (χ2n) is 4.73. The van der Waals surface area contributed by atoms with E-state index in [1.165, 1.54) is 19.5 Å². The fourth-order valence-corrected chi connectivity index (χ4v) is 2.28. The minimum Gasteiger partial charge on any atom is -0.379 e. The SMILES string of the molecule is COC(CN)CN(C)CC1CCN(C)C1. The molecule has 1 rings (SSSR count). The zero-order chi connectivity index (χ0) is 11.3. The number of ether oxygens (including phenoxy) is 1. The minimum atomic E-state index is 0.175. The van der Waals surface area contributed by atoms with Crippen molar-refractivity contribution in [2.24, 2.45) is 11.7 Å². The van der Waals surface area contributed by atoms with Crippen LogP contribution in [0.2, 0.25) is 0 Å². The Hall–Kier alpha value is -0.160. The fourth-order valence-electron chi connectivity index (χ4n) is 2.28. The van der Waals surface area contributed by atoms with Gasteiger partial charge in [-0.1, -0.05) is 0 Å². The molecule has 1 saturated heterocycles. The smallest absolute Gasteiger partial charge is 0.0820 e. The van der Waals surface area contributed by atoms with Gasteiger partial charge in [0, 0.05) is 33.3 Å². The lowest BCUT2D eigenvalue weighted by Gasteiger charge is -2.24. The molecule has 15 heavy (non-hydrogen) atoms. The molecule has 0 aromatic rings. The molecule has 2 unspecified atom stereocenters. The van der Waals surface area contributed by atoms with Crippen LogP contribution >= 0.6 is 0 Å². The highest BCUT2D eigenvalue weighted by Gasteiger charge is 2.21. The molecule has 0 bridgehead atoms. The summed E-state index contributed by atoms with van der Waals surface area (Å²) in [5, 5.41) is 0. The summed E-state index contributed by atoms with van der Waals surface area (Å²) in [4.78, 5) is 4.74. The van der Waals surface area contributed by atoms with Crippen molar-refractivity contribution in [1.82, 2.24) is 9.80 Å². The molecule has 2 atom stereocenters. The highest BCUT2D eigenvalue weighted by Crippen LogP contribution is 2.15. The molecule has 1 fully saturated rings. The summed E-state index contributed by atoms with van der Waals surface area (Å²) in [7, 11) is 6.08. The molecule has 90 valence electrons. The van der Waals surface area contributed by atoms with Crippen LogP contribution in [-0.2, 0) is 4.74 Å². The van der Waals surface area contributed by atoms with Crippen molar-refractivity contribution < 1.29 is 4.74 Å². The monoisotopic (exact) mass is 215 g/mol. The van der Waals surface area contributed by atoms with Crippen LogP contribution in [0.15, 0.2) is 0 Å². The Labute approximate surface area is 93.4 Å². The van der Waals surface area contributed by atoms with Gasteiger partial charge in [0.1, 0.15) is 0 Å². The van der Waals surface area contributed by atoms with E-state index < -0.39 is 0 Å². The van der Waals surface area contributed by atoms with Gasteiger partial charge in [0.15, 0.2) is 0 Å². The third-order valence-electron chi connectivity index (χ3n) is 3.17. The second kappa shape index (κ2) is 6.43. The molecule has 4 nitrogen and oxygen atoms in total. The van der Waals surface area contributed by atoms with Crippen LogP contribution in [0.25, 0.3) is 0 Å². The van der Waals surface area contributed by atoms with Gasteiger partial charge < -0.3 is 20.3 Å². The highest BCUT2D eigenvalue weighted by atomic mass is 16.5. The molecule has 2 N–H and O–H groups in total. The lowest BCUT2D eigenvalue weighted by Crippen LogP contribution is -2.38. The molecule has 0 spiro atoms. The molecule has 4 heteroatoms. The zero-order valence-electron chi connectivity index (χ0n) is 10.3. The van der Waals surface area contributed by atoms with E-state index in [0.717, 1.165) is 19.0 Å². The van der Waals surface area contributed by atoms with Crippen LogP contribution < -0.4 is 5.73 Å². The third kappa shape index (κ3) is 4.47. The highest BCUT2D eigenvalue weighted by molar-refractivity contribution is 4.76. The number of methoxy groups -OCH3 is 1. The van der Waals surface area contributed by atoms with Crippen LogP contribution in [-0.4, -0.2) is 69.8 Å². The lowest BCUT2D eigenvalue weighted by atomic mass is 10.1. The van der Waals surface area contributed by atoms with E-state index in [2.05, 4.69) is 23.9 Å². The van der Waals surface area contributed by atoms with Crippen molar-refractivity contribution >= 4 is 0 Å². The summed E-state index contributed by atoms with van der Waals surface area (Å²) in [5.41, 5.74) is 5.60. The minimum absolute atomic E-state index is 0.175. The van der Waals surface area contributed by atoms with Crippen molar-refractivity contribution in [1.29, 1.82) is 0 Å². The Morgan fingerprint density at radius 2 is 2.33 bits per heavy atom. The van der Waals surface area contributed by atoms with Crippen LogP contribution in [0, 0.1) is 5.92 Å². The van der Waals surface area contributed by atoms with Crippen molar-refractivity contribution in [2.45, 2.75) is 12.5 Å². The van der Waals surface area contributed by atoms with Gasteiger partial charge in [-0.3, -0.25) is 0 Å². The van der Waals surface area contributed by atoms with Gasteiger partial charge in [0.2, 0.25) is 0 Å². The Morgan fingerprint density at radius 3 is 2.80 bits per heavy atom. The van der Waals surface area contributed by atoms with Crippen LogP contribution in [0.3, 0.4) is 0 Å². The summed E-state index contributed by atoms with van der Waals surface area (Å²) in [6.45, 7) is 5.16. The van der Waals surface area contributed by atoms with Gasteiger partial charge >= 0.3 is 0 Å². The first kappa shape index (κ1) is 12.9. The summed E-state index contributed by atoms with van der Waals surface area (Å²) in [6, 6.07) is 0. The summed E-state index contributed by atoms with van der Waals surface area (Å²) in [6.07, 6.45) is 1.50. The van der Waals surface area contributed by atoms with E-state index in [9.17, 15) is 0 Å². The molecule has 0 radical (unpaired) electrons. The third-order valence-corrected chi connectivity index (χ3v) is 3.17. The van der Waals surface area contributed by atoms with Crippen molar-refractivity contribution in [3.63, 3.8) is 0 Å². The largest absolute Gasteiger partial charge is 0.379 e. The van der Waals surface area contributed by atoms with Gasteiger partial charge in [-0.25, -0.2) is 0 Å². The van der Waals surface area contributed by atoms with E-state index in [1.807, 2.05) is 0 Å². The lowest BCUT2D eigenvalue weighted by molar-refractivity contribution is 0.0739. The van der Waals surface area contributed by atoms with E-state index in [1.54, 1.807) is 7.11 Å². The maximum atomic E-state index is 5.60. The zero-order valence-corrected chi connectivity index (χ0v) is 10.3. The van der Waals surface area contributed by atoms with Crippen LogP contribution in [0.5, 0.6) is 0 Å². The Kier molecular flexibility index (Phi) is 5.53. The van der Waals surface area contributed by atoms with E-state index >= 15 is 0 Å². The predicted octanol–water partition coefficient (Wildman–Crippen LogP) is -0.156. The number of nitrogens with two attached hydrogens (primary N) is 1. The Bertz CT molecular complexity index is 173. The molecule has 0 aromatic heterocycles. The Morgan fingerprint density at radius 1 is 1.60 bits per heavy atom. The van der Waals surface area contributed by atoms with E-state index in [-0.39, 0.29) is 6.10 Å². The molecule has 1 heterocycles. The molecule has 0 amide bonds. The van der Waals surface area contributed by atoms with Gasteiger partial charge in [-0.2, -0.15) is 0 Å². The average Bonchev–Trinajstić information content (AvgIpc) is 2.60. The van der Waals surface area contributed by atoms with Crippen molar-refractivity contribution in [3.8, 4) is 0 Å². The summed E-state index contributed by atoms with van der Waals surface area (Å²) < 4.78 is 5.28. The van der Waals surface area contributed by atoms with Crippen molar-refractivity contribution in [3.05, 3.63) is 0 Å². The maximum absolute atomic E-state index is 5.60. The first-order valence-electron chi connectivity index (χ1n) is 5.75. The van der Waals surface area contributed by atoms with Gasteiger partial charge in [-0.05, 0) is 33.0 Å². The van der Waals surface area contributed by atoms with Gasteiger partial charge in [0.05, 0.1) is 6.10 Å². The quantitative estimate of drug-likeness (QED) is 0.669. The van der Waals surface area contributed by atoms with E-state index in [4.69, 9.17) is 10.5 Å². The molecular weight excluding hydrogens is 190 g/mol. The molecule has 0 saturated carbocycles. The van der Waals surface area contributed by atoms with Gasteiger partial charge in [-0.15, -0.1) is 0 Å². The normalized spacial score (nSPS) is 25.0. The molecular formula is C11H25N3O. The second-order valence-corrected chi connectivity index (χ2v) is 4.73. The first-order chi connectivity index (χ1) is 7.15. The topological polar surface area (TPSA) is 41.7 Å². The van der Waals surface area contributed by atoms with Crippen LogP contribution in [0.4, 0.5) is 0 Å². The maximum Gasteiger partial charge on any atom is 0.0820 e. The fraction of sp³-hybridized carbons (Fsp3) is 1.00. The van der Waals surface area contributed by atoms with Gasteiger partial charge in [0.25, 0.3) is 0 Å². The molecule has 1 aliphatic heterocycles. The molecule has 1 aliphatic rings. The number of hydrogen-bond acceptors (Lipinski definition) is 4. The van der Waals surface area contributed by atoms with E-state index in [0.29, 0.717) is 6.54 Å². The standard InChI is InChI=1S/C11H25N3O/c1-13-5-4-10(7-13)8-14(2)9-11(6-12)15-3/h10-11H,4-9,12H2,1-3H3. The predicted molar refractivity (Wildman–Crippen MR) is 63.0 cm³/mol. The average molecular weight is 215 g/mol. The van der Waals surface area contributed by atoms with Crippen molar-refractivity contribution in [2.75, 3.05) is 53.9 Å².